The molecule has 0 bridgehead atoms. The van der Waals surface area contributed by atoms with E-state index < -0.39 is 0 Å². The number of nitrogen functional groups attached to an aromatic ring is 1. The van der Waals surface area contributed by atoms with Gasteiger partial charge in [-0.05, 0) is 36.4 Å². The number of nitrogens with two attached hydrogens (primary N) is 1. The lowest BCUT2D eigenvalue weighted by atomic mass is 10.2. The maximum atomic E-state index is 5.82. The summed E-state index contributed by atoms with van der Waals surface area (Å²) >= 11 is 0. The number of para-hydroxylation sites is 2. The Morgan fingerprint density at radius 3 is 2.33 bits per heavy atom. The van der Waals surface area contributed by atoms with Crippen LogP contribution in [0.25, 0.3) is 11.4 Å². The van der Waals surface area contributed by atoms with Crippen molar-refractivity contribution in [2.75, 3.05) is 25.3 Å². The van der Waals surface area contributed by atoms with Gasteiger partial charge in [0.15, 0.2) is 5.82 Å². The maximum absolute atomic E-state index is 5.82. The summed E-state index contributed by atoms with van der Waals surface area (Å²) in [5.74, 6) is 2.39. The van der Waals surface area contributed by atoms with E-state index in [1.54, 1.807) is 14.2 Å². The molecule has 0 aliphatic carbocycles. The molecule has 2 aromatic carbocycles. The van der Waals surface area contributed by atoms with Crippen molar-refractivity contribution in [2.24, 2.45) is 0 Å². The van der Waals surface area contributed by atoms with Gasteiger partial charge in [-0.1, -0.05) is 12.1 Å². The number of aromatic nitrogens is 3. The Bertz CT molecular complexity index is 837. The fourth-order valence-electron chi connectivity index (χ4n) is 2.19. The SMILES string of the molecule is COc1ccc(-c2nc(N)nc(Nc3ccccc3OC)n2)cc1. The van der Waals surface area contributed by atoms with Crippen molar-refractivity contribution in [1.82, 2.24) is 15.0 Å². The van der Waals surface area contributed by atoms with Crippen LogP contribution < -0.4 is 20.5 Å². The van der Waals surface area contributed by atoms with Crippen LogP contribution in [-0.4, -0.2) is 29.2 Å². The van der Waals surface area contributed by atoms with Crippen molar-refractivity contribution < 1.29 is 9.47 Å². The number of rotatable bonds is 5. The van der Waals surface area contributed by atoms with Gasteiger partial charge in [0.05, 0.1) is 19.9 Å². The average Bonchev–Trinajstić information content (AvgIpc) is 2.62. The number of hydrogen-bond acceptors (Lipinski definition) is 7. The van der Waals surface area contributed by atoms with Crippen molar-refractivity contribution in [3.8, 4) is 22.9 Å². The lowest BCUT2D eigenvalue weighted by molar-refractivity contribution is 0.415. The molecule has 7 nitrogen and oxygen atoms in total. The molecule has 7 heteroatoms. The Labute approximate surface area is 139 Å². The van der Waals surface area contributed by atoms with E-state index in [4.69, 9.17) is 15.2 Å². The Kier molecular flexibility index (Phi) is 4.42. The predicted molar refractivity (Wildman–Crippen MR) is 92.5 cm³/mol. The highest BCUT2D eigenvalue weighted by atomic mass is 16.5. The molecule has 0 saturated carbocycles. The molecule has 1 heterocycles. The van der Waals surface area contributed by atoms with E-state index in [9.17, 15) is 0 Å². The van der Waals surface area contributed by atoms with E-state index in [2.05, 4.69) is 20.3 Å². The summed E-state index contributed by atoms with van der Waals surface area (Å²) in [5, 5.41) is 3.11. The summed E-state index contributed by atoms with van der Waals surface area (Å²) in [5.41, 5.74) is 7.37. The molecule has 3 rings (SSSR count). The van der Waals surface area contributed by atoms with Gasteiger partial charge in [-0.25, -0.2) is 0 Å². The van der Waals surface area contributed by atoms with Crippen LogP contribution in [0.15, 0.2) is 48.5 Å². The van der Waals surface area contributed by atoms with Gasteiger partial charge in [0, 0.05) is 5.56 Å². The van der Waals surface area contributed by atoms with Crippen LogP contribution in [0.2, 0.25) is 0 Å². The van der Waals surface area contributed by atoms with Gasteiger partial charge in [0.25, 0.3) is 0 Å². The molecule has 3 N–H and O–H groups in total. The van der Waals surface area contributed by atoms with Gasteiger partial charge in [-0.15, -0.1) is 0 Å². The summed E-state index contributed by atoms with van der Waals surface area (Å²) in [6.45, 7) is 0. The Hall–Kier alpha value is -3.35. The van der Waals surface area contributed by atoms with Gasteiger partial charge in [0.2, 0.25) is 11.9 Å². The van der Waals surface area contributed by atoms with Crippen molar-refractivity contribution >= 4 is 17.6 Å². The monoisotopic (exact) mass is 323 g/mol. The fraction of sp³-hybridized carbons (Fsp3) is 0.118. The van der Waals surface area contributed by atoms with Crippen LogP contribution in [0.3, 0.4) is 0 Å². The average molecular weight is 323 g/mol. The highest BCUT2D eigenvalue weighted by Crippen LogP contribution is 2.27. The zero-order valence-corrected chi connectivity index (χ0v) is 13.4. The third-order valence-electron chi connectivity index (χ3n) is 3.35. The molecule has 0 atom stereocenters. The molecule has 1 aromatic heterocycles. The van der Waals surface area contributed by atoms with Gasteiger partial charge >= 0.3 is 0 Å². The molecule has 0 aliphatic rings. The van der Waals surface area contributed by atoms with Crippen LogP contribution in [0.1, 0.15) is 0 Å². The minimum atomic E-state index is 0.133. The van der Waals surface area contributed by atoms with E-state index in [-0.39, 0.29) is 5.95 Å². The first kappa shape index (κ1) is 15.5. The predicted octanol–water partition coefficient (Wildman–Crippen LogP) is 2.88. The quantitative estimate of drug-likeness (QED) is 0.745. The molecular weight excluding hydrogens is 306 g/mol. The number of anilines is 3. The second-order valence-electron chi connectivity index (χ2n) is 4.89. The first-order valence-electron chi connectivity index (χ1n) is 7.25. The Morgan fingerprint density at radius 1 is 0.875 bits per heavy atom. The molecule has 0 radical (unpaired) electrons. The second-order valence-corrected chi connectivity index (χ2v) is 4.89. The molecule has 0 saturated heterocycles. The zero-order chi connectivity index (χ0) is 16.9. The maximum Gasteiger partial charge on any atom is 0.232 e. The molecule has 0 amide bonds. The first-order chi connectivity index (χ1) is 11.7. The summed E-state index contributed by atoms with van der Waals surface area (Å²) < 4.78 is 10.5. The zero-order valence-electron chi connectivity index (χ0n) is 13.4. The van der Waals surface area contributed by atoms with E-state index in [1.165, 1.54) is 0 Å². The van der Waals surface area contributed by atoms with Gasteiger partial charge < -0.3 is 20.5 Å². The molecule has 3 aromatic rings. The number of nitrogens with zero attached hydrogens (tertiary/aromatic N) is 3. The standard InChI is InChI=1S/C17H17N5O2/c1-23-12-9-7-11(8-10-12)15-20-16(18)22-17(21-15)19-13-5-3-4-6-14(13)24-2/h3-10H,1-2H3,(H3,18,19,20,21,22). The van der Waals surface area contributed by atoms with Crippen molar-refractivity contribution in [3.63, 3.8) is 0 Å². The fourth-order valence-corrected chi connectivity index (χ4v) is 2.19. The third-order valence-corrected chi connectivity index (χ3v) is 3.35. The summed E-state index contributed by atoms with van der Waals surface area (Å²) in [7, 11) is 3.22. The molecule has 0 aliphatic heterocycles. The second kappa shape index (κ2) is 6.82. The molecule has 0 fully saturated rings. The van der Waals surface area contributed by atoms with Gasteiger partial charge in [0.1, 0.15) is 11.5 Å². The molecule has 24 heavy (non-hydrogen) atoms. The summed E-state index contributed by atoms with van der Waals surface area (Å²) in [6.07, 6.45) is 0. The van der Waals surface area contributed by atoms with Crippen LogP contribution in [0.4, 0.5) is 17.6 Å². The first-order valence-corrected chi connectivity index (χ1v) is 7.25. The Balaban J connectivity index is 1.93. The number of ether oxygens (including phenoxy) is 2. The van der Waals surface area contributed by atoms with Crippen molar-refractivity contribution in [3.05, 3.63) is 48.5 Å². The van der Waals surface area contributed by atoms with Crippen LogP contribution >= 0.6 is 0 Å². The van der Waals surface area contributed by atoms with E-state index in [1.807, 2.05) is 48.5 Å². The lowest BCUT2D eigenvalue weighted by Crippen LogP contribution is -2.05. The number of hydrogen-bond donors (Lipinski definition) is 2. The number of nitrogens with one attached hydrogen (secondary N) is 1. The smallest absolute Gasteiger partial charge is 0.232 e. The Morgan fingerprint density at radius 2 is 1.62 bits per heavy atom. The highest BCUT2D eigenvalue weighted by Gasteiger charge is 2.09. The molecule has 0 unspecified atom stereocenters. The highest BCUT2D eigenvalue weighted by molar-refractivity contribution is 5.65. The van der Waals surface area contributed by atoms with E-state index >= 15 is 0 Å². The normalized spacial score (nSPS) is 10.2. The lowest BCUT2D eigenvalue weighted by Gasteiger charge is -2.10. The topological polar surface area (TPSA) is 95.2 Å². The summed E-state index contributed by atoms with van der Waals surface area (Å²) in [6, 6.07) is 14.9. The number of methoxy groups -OCH3 is 2. The van der Waals surface area contributed by atoms with Crippen LogP contribution in [0.5, 0.6) is 11.5 Å². The number of benzene rings is 2. The van der Waals surface area contributed by atoms with Gasteiger partial charge in [-0.3, -0.25) is 0 Å². The van der Waals surface area contributed by atoms with Crippen molar-refractivity contribution in [1.29, 1.82) is 0 Å². The van der Waals surface area contributed by atoms with E-state index in [0.717, 1.165) is 17.0 Å². The molecular formula is C17H17N5O2. The minimum Gasteiger partial charge on any atom is -0.497 e. The van der Waals surface area contributed by atoms with E-state index in [0.29, 0.717) is 17.5 Å². The molecule has 122 valence electrons. The van der Waals surface area contributed by atoms with Gasteiger partial charge in [-0.2, -0.15) is 15.0 Å². The van der Waals surface area contributed by atoms with Crippen LogP contribution in [-0.2, 0) is 0 Å². The van der Waals surface area contributed by atoms with Crippen LogP contribution in [0, 0.1) is 0 Å². The largest absolute Gasteiger partial charge is 0.497 e. The summed E-state index contributed by atoms with van der Waals surface area (Å²) in [4.78, 5) is 12.7. The van der Waals surface area contributed by atoms with Crippen molar-refractivity contribution in [2.45, 2.75) is 0 Å². The molecule has 0 spiro atoms. The third kappa shape index (κ3) is 3.35. The minimum absolute atomic E-state index is 0.133.